The van der Waals surface area contributed by atoms with Crippen molar-refractivity contribution in [2.45, 2.75) is 25.4 Å². The molecule has 3 aromatic rings. The summed E-state index contributed by atoms with van der Waals surface area (Å²) in [6.45, 7) is 0.532. The van der Waals surface area contributed by atoms with Crippen molar-refractivity contribution < 1.29 is 28.5 Å². The lowest BCUT2D eigenvalue weighted by molar-refractivity contribution is -0.129. The minimum Gasteiger partial charge on any atom is -0.497 e. The van der Waals surface area contributed by atoms with Crippen molar-refractivity contribution in [1.82, 2.24) is 5.32 Å². The number of para-hydroxylation sites is 1. The fraction of sp³-hybridized carbons (Fsp3) is 0.286. The molecule has 36 heavy (non-hydrogen) atoms. The summed E-state index contributed by atoms with van der Waals surface area (Å²) in [6, 6.07) is 19.9. The van der Waals surface area contributed by atoms with Gasteiger partial charge in [-0.25, -0.2) is 0 Å². The Hall–Kier alpha value is -4.20. The molecule has 8 nitrogen and oxygen atoms in total. The zero-order valence-electron chi connectivity index (χ0n) is 20.2. The third-order valence-electron chi connectivity index (χ3n) is 6.65. The first-order valence-electron chi connectivity index (χ1n) is 11.8. The highest BCUT2D eigenvalue weighted by Gasteiger charge is 2.42. The average molecular weight is 489 g/mol. The van der Waals surface area contributed by atoms with E-state index in [2.05, 4.69) is 5.32 Å². The van der Waals surface area contributed by atoms with Crippen molar-refractivity contribution in [3.05, 3.63) is 77.9 Å². The molecule has 2 heterocycles. The van der Waals surface area contributed by atoms with Crippen molar-refractivity contribution in [2.75, 3.05) is 25.9 Å². The van der Waals surface area contributed by atoms with Crippen LogP contribution >= 0.6 is 0 Å². The fourth-order valence-electron chi connectivity index (χ4n) is 4.85. The lowest BCUT2D eigenvalue weighted by Crippen LogP contribution is -2.48. The first-order chi connectivity index (χ1) is 17.6. The van der Waals surface area contributed by atoms with Gasteiger partial charge in [0.1, 0.15) is 11.5 Å². The van der Waals surface area contributed by atoms with Crippen LogP contribution in [0, 0.1) is 5.92 Å². The molecule has 0 radical (unpaired) electrons. The van der Waals surface area contributed by atoms with Crippen molar-refractivity contribution in [3.63, 3.8) is 0 Å². The van der Waals surface area contributed by atoms with Gasteiger partial charge in [-0.1, -0.05) is 24.3 Å². The van der Waals surface area contributed by atoms with E-state index in [0.717, 1.165) is 11.1 Å². The highest BCUT2D eigenvalue weighted by atomic mass is 16.7. The number of benzene rings is 3. The van der Waals surface area contributed by atoms with E-state index in [9.17, 15) is 9.59 Å². The van der Waals surface area contributed by atoms with Gasteiger partial charge in [0.25, 0.3) is 0 Å². The van der Waals surface area contributed by atoms with E-state index >= 15 is 0 Å². The van der Waals surface area contributed by atoms with Gasteiger partial charge in [-0.3, -0.25) is 9.59 Å². The SMILES string of the molecule is COc1ccc(N2C(=O)CCC(C(=O)NCc3ccc4c(c3)OCO4)C2c2ccccc2OC)cc1. The Morgan fingerprint density at radius 3 is 2.56 bits per heavy atom. The van der Waals surface area contributed by atoms with Crippen molar-refractivity contribution in [3.8, 4) is 23.0 Å². The number of hydrogen-bond donors (Lipinski definition) is 1. The van der Waals surface area contributed by atoms with Crippen LogP contribution in [-0.2, 0) is 16.1 Å². The maximum absolute atomic E-state index is 13.6. The summed E-state index contributed by atoms with van der Waals surface area (Å²) in [7, 11) is 3.19. The van der Waals surface area contributed by atoms with Gasteiger partial charge in [0.05, 0.1) is 26.2 Å². The quantitative estimate of drug-likeness (QED) is 0.536. The van der Waals surface area contributed by atoms with Crippen LogP contribution in [0.3, 0.4) is 0 Å². The van der Waals surface area contributed by atoms with Crippen molar-refractivity contribution >= 4 is 17.5 Å². The first kappa shape index (κ1) is 23.5. The van der Waals surface area contributed by atoms with E-state index in [-0.39, 0.29) is 25.0 Å². The number of nitrogens with one attached hydrogen (secondary N) is 1. The number of amides is 2. The van der Waals surface area contributed by atoms with E-state index < -0.39 is 12.0 Å². The van der Waals surface area contributed by atoms with Crippen LogP contribution in [0.25, 0.3) is 0 Å². The van der Waals surface area contributed by atoms with Crippen LogP contribution in [0.15, 0.2) is 66.7 Å². The summed E-state index contributed by atoms with van der Waals surface area (Å²) in [6.07, 6.45) is 0.695. The highest BCUT2D eigenvalue weighted by molar-refractivity contribution is 5.97. The van der Waals surface area contributed by atoms with Crippen LogP contribution in [0.1, 0.15) is 30.0 Å². The molecule has 186 valence electrons. The van der Waals surface area contributed by atoms with Crippen molar-refractivity contribution in [1.29, 1.82) is 0 Å². The van der Waals surface area contributed by atoms with Crippen molar-refractivity contribution in [2.24, 2.45) is 5.92 Å². The third kappa shape index (κ3) is 4.54. The summed E-state index contributed by atoms with van der Waals surface area (Å²) in [5.41, 5.74) is 2.39. The molecule has 0 spiro atoms. The Labute approximate surface area is 209 Å². The zero-order chi connectivity index (χ0) is 25.1. The molecule has 1 N–H and O–H groups in total. The molecule has 5 rings (SSSR count). The number of fused-ring (bicyclic) bond motifs is 1. The molecule has 0 saturated carbocycles. The van der Waals surface area contributed by atoms with Crippen LogP contribution in [-0.4, -0.2) is 32.8 Å². The van der Waals surface area contributed by atoms with E-state index in [4.69, 9.17) is 18.9 Å². The Kier molecular flexibility index (Phi) is 6.66. The summed E-state index contributed by atoms with van der Waals surface area (Å²) in [5.74, 6) is 2.03. The number of methoxy groups -OCH3 is 2. The number of carbonyl (C=O) groups is 2. The Morgan fingerprint density at radius 1 is 1.00 bits per heavy atom. The summed E-state index contributed by atoms with van der Waals surface area (Å²) >= 11 is 0. The fourth-order valence-corrected chi connectivity index (χ4v) is 4.85. The molecule has 2 aliphatic rings. The predicted octanol–water partition coefficient (Wildman–Crippen LogP) is 4.23. The lowest BCUT2D eigenvalue weighted by atomic mass is 9.82. The third-order valence-corrected chi connectivity index (χ3v) is 6.65. The largest absolute Gasteiger partial charge is 0.497 e. The van der Waals surface area contributed by atoms with Gasteiger partial charge >= 0.3 is 0 Å². The van der Waals surface area contributed by atoms with Gasteiger partial charge in [0.15, 0.2) is 11.5 Å². The molecular formula is C28H28N2O6. The lowest BCUT2D eigenvalue weighted by Gasteiger charge is -2.41. The van der Waals surface area contributed by atoms with Crippen LogP contribution in [0.4, 0.5) is 5.69 Å². The zero-order valence-corrected chi connectivity index (χ0v) is 20.2. The van der Waals surface area contributed by atoms with Gasteiger partial charge in [0, 0.05) is 24.2 Å². The molecule has 0 bridgehead atoms. The molecule has 2 aliphatic heterocycles. The molecule has 2 atom stereocenters. The first-order valence-corrected chi connectivity index (χ1v) is 11.8. The second kappa shape index (κ2) is 10.2. The topological polar surface area (TPSA) is 86.3 Å². The maximum atomic E-state index is 13.6. The number of ether oxygens (including phenoxy) is 4. The summed E-state index contributed by atoms with van der Waals surface area (Å²) in [4.78, 5) is 28.6. The molecule has 2 unspecified atom stereocenters. The normalized spacial score (nSPS) is 18.6. The number of anilines is 1. The number of rotatable bonds is 7. The molecule has 1 fully saturated rings. The van der Waals surface area contributed by atoms with E-state index in [0.29, 0.717) is 41.7 Å². The number of hydrogen-bond acceptors (Lipinski definition) is 6. The van der Waals surface area contributed by atoms with Gasteiger partial charge in [-0.15, -0.1) is 0 Å². The molecule has 8 heteroatoms. The second-order valence-electron chi connectivity index (χ2n) is 8.70. The molecule has 1 saturated heterocycles. The van der Waals surface area contributed by atoms with Crippen LogP contribution in [0.2, 0.25) is 0 Å². The Balaban J connectivity index is 1.46. The standard InChI is InChI=1S/C28H28N2O6/c1-33-20-10-8-19(9-11-20)30-26(31)14-12-22(27(30)21-5-3-4-6-23(21)34-2)28(32)29-16-18-7-13-24-25(15-18)36-17-35-24/h3-11,13,15,22,27H,12,14,16-17H2,1-2H3,(H,29,32). The van der Waals surface area contributed by atoms with Gasteiger partial charge < -0.3 is 29.2 Å². The maximum Gasteiger partial charge on any atom is 0.231 e. The summed E-state index contributed by atoms with van der Waals surface area (Å²) in [5, 5.41) is 3.07. The van der Waals surface area contributed by atoms with E-state index in [1.807, 2.05) is 66.7 Å². The molecule has 0 aliphatic carbocycles. The average Bonchev–Trinajstić information content (AvgIpc) is 3.39. The number of nitrogens with zero attached hydrogens (tertiary/aromatic N) is 1. The van der Waals surface area contributed by atoms with Crippen LogP contribution < -0.4 is 29.2 Å². The molecular weight excluding hydrogens is 460 g/mol. The monoisotopic (exact) mass is 488 g/mol. The van der Waals surface area contributed by atoms with Gasteiger partial charge in [-0.2, -0.15) is 0 Å². The minimum atomic E-state index is -0.535. The van der Waals surface area contributed by atoms with E-state index in [1.54, 1.807) is 19.1 Å². The number of piperidine rings is 1. The minimum absolute atomic E-state index is 0.0455. The predicted molar refractivity (Wildman–Crippen MR) is 133 cm³/mol. The van der Waals surface area contributed by atoms with Gasteiger partial charge in [0.2, 0.25) is 18.6 Å². The highest BCUT2D eigenvalue weighted by Crippen LogP contribution is 2.43. The van der Waals surface area contributed by atoms with Crippen LogP contribution in [0.5, 0.6) is 23.0 Å². The second-order valence-corrected chi connectivity index (χ2v) is 8.70. The Bertz CT molecular complexity index is 1260. The molecule has 3 aromatic carbocycles. The molecule has 2 amide bonds. The van der Waals surface area contributed by atoms with Gasteiger partial charge in [-0.05, 0) is 54.4 Å². The summed E-state index contributed by atoms with van der Waals surface area (Å²) < 4.78 is 21.8. The Morgan fingerprint density at radius 2 is 1.78 bits per heavy atom. The number of carbonyl (C=O) groups excluding carboxylic acids is 2. The van der Waals surface area contributed by atoms with E-state index in [1.165, 1.54) is 0 Å². The smallest absolute Gasteiger partial charge is 0.231 e. The molecule has 0 aromatic heterocycles.